The van der Waals surface area contributed by atoms with Crippen LogP contribution in [0.5, 0.6) is 5.75 Å². The number of phenols is 1. The molecule has 4 aromatic heterocycles. The van der Waals surface area contributed by atoms with E-state index in [9.17, 15) is 5.11 Å². The zero-order chi connectivity index (χ0) is 25.2. The summed E-state index contributed by atoms with van der Waals surface area (Å²) in [4.78, 5) is 9.97. The lowest BCUT2D eigenvalue weighted by atomic mass is 9.94. The Morgan fingerprint density at radius 3 is 2.08 bits per heavy atom. The Bertz CT molecular complexity index is 2140. The van der Waals surface area contributed by atoms with Crippen molar-refractivity contribution in [1.82, 2.24) is 14.4 Å². The first-order valence-corrected chi connectivity index (χ1v) is 12.7. The fraction of sp³-hybridized carbons (Fsp3) is 0. The van der Waals surface area contributed by atoms with Crippen LogP contribution in [-0.4, -0.2) is 19.5 Å². The summed E-state index contributed by atoms with van der Waals surface area (Å²) < 4.78 is 2.20. The van der Waals surface area contributed by atoms with Crippen molar-refractivity contribution in [2.45, 2.75) is 0 Å². The van der Waals surface area contributed by atoms with Gasteiger partial charge < -0.3 is 5.11 Å². The standard InChI is InChI=1S/C34H21N3O/c38-31-14-5-4-10-25(31)23-18-22(21-8-2-1-3-9-21)19-24(20-23)30-16-15-29-27-12-6-11-26-28-13-7-17-35-33(28)37(32(26)27)34(29)36-30/h1-20,38H. The summed E-state index contributed by atoms with van der Waals surface area (Å²) in [5.74, 6) is 0.258. The molecule has 0 amide bonds. The van der Waals surface area contributed by atoms with E-state index >= 15 is 0 Å². The number of rotatable bonds is 3. The maximum atomic E-state index is 10.7. The van der Waals surface area contributed by atoms with Crippen molar-refractivity contribution in [2.75, 3.05) is 0 Å². The molecule has 0 aliphatic carbocycles. The highest BCUT2D eigenvalue weighted by atomic mass is 16.3. The summed E-state index contributed by atoms with van der Waals surface area (Å²) in [6.07, 6.45) is 1.84. The quantitative estimate of drug-likeness (QED) is 0.272. The number of fused-ring (bicyclic) bond motifs is 6. The molecule has 0 saturated carbocycles. The first-order valence-electron chi connectivity index (χ1n) is 12.7. The van der Waals surface area contributed by atoms with Gasteiger partial charge in [0.2, 0.25) is 0 Å². The van der Waals surface area contributed by atoms with E-state index in [1.807, 2.05) is 48.7 Å². The fourth-order valence-electron chi connectivity index (χ4n) is 5.75. The van der Waals surface area contributed by atoms with Crippen LogP contribution in [0.3, 0.4) is 0 Å². The number of pyridine rings is 2. The smallest absolute Gasteiger partial charge is 0.147 e. The van der Waals surface area contributed by atoms with Crippen LogP contribution in [-0.2, 0) is 0 Å². The van der Waals surface area contributed by atoms with Crippen LogP contribution in [0, 0.1) is 0 Å². The largest absolute Gasteiger partial charge is 0.507 e. The second-order valence-corrected chi connectivity index (χ2v) is 9.66. The predicted octanol–water partition coefficient (Wildman–Crippen LogP) is 8.33. The molecule has 1 N–H and O–H groups in total. The van der Waals surface area contributed by atoms with Gasteiger partial charge in [-0.05, 0) is 65.2 Å². The molecule has 0 fully saturated rings. The van der Waals surface area contributed by atoms with Crippen LogP contribution >= 0.6 is 0 Å². The summed E-state index contributed by atoms with van der Waals surface area (Å²) in [6, 6.07) is 39.0. The van der Waals surface area contributed by atoms with E-state index in [-0.39, 0.29) is 5.75 Å². The molecule has 0 saturated heterocycles. The van der Waals surface area contributed by atoms with E-state index in [1.54, 1.807) is 6.07 Å². The summed E-state index contributed by atoms with van der Waals surface area (Å²) in [7, 11) is 0. The van der Waals surface area contributed by atoms with Gasteiger partial charge in [-0.25, -0.2) is 9.97 Å². The lowest BCUT2D eigenvalue weighted by Crippen LogP contribution is -1.91. The number of phenolic OH excluding ortho intramolecular Hbond substituents is 1. The normalized spacial score (nSPS) is 11.8. The van der Waals surface area contributed by atoms with E-state index < -0.39 is 0 Å². The van der Waals surface area contributed by atoms with Crippen molar-refractivity contribution >= 4 is 38.4 Å². The maximum Gasteiger partial charge on any atom is 0.147 e. The third kappa shape index (κ3) is 2.98. The van der Waals surface area contributed by atoms with E-state index in [2.05, 4.69) is 71.1 Å². The van der Waals surface area contributed by atoms with E-state index in [0.717, 1.165) is 61.1 Å². The predicted molar refractivity (Wildman–Crippen MR) is 155 cm³/mol. The minimum Gasteiger partial charge on any atom is -0.507 e. The van der Waals surface area contributed by atoms with Crippen LogP contribution in [0.1, 0.15) is 0 Å². The van der Waals surface area contributed by atoms with Gasteiger partial charge in [0.15, 0.2) is 0 Å². The van der Waals surface area contributed by atoms with Crippen molar-refractivity contribution in [2.24, 2.45) is 0 Å². The fourth-order valence-corrected chi connectivity index (χ4v) is 5.75. The topological polar surface area (TPSA) is 50.4 Å². The molecule has 0 aliphatic heterocycles. The lowest BCUT2D eigenvalue weighted by molar-refractivity contribution is 0.477. The Balaban J connectivity index is 1.42. The molecular formula is C34H21N3O. The third-order valence-electron chi connectivity index (χ3n) is 7.48. The summed E-state index contributed by atoms with van der Waals surface area (Å²) in [5, 5.41) is 15.3. The summed E-state index contributed by atoms with van der Waals surface area (Å²) >= 11 is 0. The molecule has 4 aromatic carbocycles. The summed E-state index contributed by atoms with van der Waals surface area (Å²) in [6.45, 7) is 0. The van der Waals surface area contributed by atoms with Gasteiger partial charge in [0.25, 0.3) is 0 Å². The number of aromatic hydroxyl groups is 1. The van der Waals surface area contributed by atoms with Crippen molar-refractivity contribution in [3.63, 3.8) is 0 Å². The van der Waals surface area contributed by atoms with Crippen LogP contribution < -0.4 is 0 Å². The molecule has 0 spiro atoms. The number of benzene rings is 4. The van der Waals surface area contributed by atoms with Crippen molar-refractivity contribution in [1.29, 1.82) is 0 Å². The number of para-hydroxylation sites is 2. The molecule has 0 radical (unpaired) electrons. The Morgan fingerprint density at radius 2 is 1.24 bits per heavy atom. The van der Waals surface area contributed by atoms with Crippen molar-refractivity contribution in [3.05, 3.63) is 121 Å². The van der Waals surface area contributed by atoms with Gasteiger partial charge in [-0.2, -0.15) is 0 Å². The second kappa shape index (κ2) is 7.89. The first kappa shape index (κ1) is 20.9. The van der Waals surface area contributed by atoms with Gasteiger partial charge in [-0.3, -0.25) is 4.40 Å². The molecule has 0 bridgehead atoms. The molecule has 8 aromatic rings. The number of hydrogen-bond donors (Lipinski definition) is 1. The van der Waals surface area contributed by atoms with Gasteiger partial charge in [0, 0.05) is 38.9 Å². The number of aromatic nitrogens is 3. The van der Waals surface area contributed by atoms with Crippen molar-refractivity contribution < 1.29 is 5.11 Å². The molecule has 178 valence electrons. The number of nitrogens with zero attached hydrogens (tertiary/aromatic N) is 3. The molecule has 0 unspecified atom stereocenters. The van der Waals surface area contributed by atoms with Gasteiger partial charge in [-0.15, -0.1) is 0 Å². The Kier molecular flexibility index (Phi) is 4.34. The second-order valence-electron chi connectivity index (χ2n) is 9.66. The monoisotopic (exact) mass is 487 g/mol. The third-order valence-corrected chi connectivity index (χ3v) is 7.48. The van der Waals surface area contributed by atoms with E-state index in [0.29, 0.717) is 0 Å². The van der Waals surface area contributed by atoms with Gasteiger partial charge in [0.05, 0.1) is 11.2 Å². The Labute approximate surface area is 218 Å². The zero-order valence-electron chi connectivity index (χ0n) is 20.3. The molecule has 38 heavy (non-hydrogen) atoms. The molecule has 4 heteroatoms. The first-order chi connectivity index (χ1) is 18.8. The highest BCUT2D eigenvalue weighted by molar-refractivity contribution is 6.22. The molecule has 4 heterocycles. The van der Waals surface area contributed by atoms with Gasteiger partial charge in [-0.1, -0.05) is 66.7 Å². The van der Waals surface area contributed by atoms with Gasteiger partial charge in [0.1, 0.15) is 17.0 Å². The minimum absolute atomic E-state index is 0.258. The van der Waals surface area contributed by atoms with Gasteiger partial charge >= 0.3 is 0 Å². The molecule has 0 atom stereocenters. The maximum absolute atomic E-state index is 10.7. The van der Waals surface area contributed by atoms with Crippen LogP contribution in [0.4, 0.5) is 0 Å². The van der Waals surface area contributed by atoms with Crippen LogP contribution in [0.25, 0.3) is 71.9 Å². The summed E-state index contributed by atoms with van der Waals surface area (Å²) in [5.41, 5.74) is 8.77. The molecular weight excluding hydrogens is 466 g/mol. The molecule has 4 nitrogen and oxygen atoms in total. The Hall–Kier alpha value is -5.22. The van der Waals surface area contributed by atoms with Crippen LogP contribution in [0.2, 0.25) is 0 Å². The highest BCUT2D eigenvalue weighted by Crippen LogP contribution is 2.40. The lowest BCUT2D eigenvalue weighted by Gasteiger charge is -2.12. The van der Waals surface area contributed by atoms with E-state index in [1.165, 1.54) is 10.8 Å². The van der Waals surface area contributed by atoms with E-state index in [4.69, 9.17) is 9.97 Å². The van der Waals surface area contributed by atoms with Crippen LogP contribution in [0.15, 0.2) is 121 Å². The SMILES string of the molecule is Oc1ccccc1-c1cc(-c2ccccc2)cc(-c2ccc3c4cccc5c6cccnc6n(c3n2)c54)c1. The average Bonchev–Trinajstić information content (AvgIpc) is 3.50. The van der Waals surface area contributed by atoms with Crippen molar-refractivity contribution in [3.8, 4) is 39.3 Å². The Morgan fingerprint density at radius 1 is 0.526 bits per heavy atom. The molecule has 0 aliphatic rings. The number of hydrogen-bond acceptors (Lipinski definition) is 3. The minimum atomic E-state index is 0.258. The molecule has 8 rings (SSSR count). The zero-order valence-corrected chi connectivity index (χ0v) is 20.3. The highest BCUT2D eigenvalue weighted by Gasteiger charge is 2.19. The average molecular weight is 488 g/mol.